The molecule has 0 radical (unpaired) electrons. The monoisotopic (exact) mass is 356 g/mol. The third-order valence-corrected chi connectivity index (χ3v) is 4.50. The number of aromatic nitrogens is 2. The van der Waals surface area contributed by atoms with Gasteiger partial charge in [-0.3, -0.25) is 9.59 Å². The molecule has 2 heterocycles. The standard InChI is InChI=1S/C19H24N4O3/c1-15(16-2-4-17(5-3-16)23-9-8-20-14-23)21-18(24)6-7-19(25)22-10-12-26-13-11-22/h2-5,8-9,14-15H,6-7,10-13H2,1H3,(H,21,24)/t15-/m0/s1. The van der Waals surface area contributed by atoms with Crippen LogP contribution in [0, 0.1) is 0 Å². The highest BCUT2D eigenvalue weighted by Gasteiger charge is 2.18. The fourth-order valence-corrected chi connectivity index (χ4v) is 2.94. The Kier molecular flexibility index (Phi) is 6.01. The molecule has 138 valence electrons. The van der Waals surface area contributed by atoms with E-state index >= 15 is 0 Å². The van der Waals surface area contributed by atoms with Crippen molar-refractivity contribution in [3.63, 3.8) is 0 Å². The number of ether oxygens (including phenoxy) is 1. The highest BCUT2D eigenvalue weighted by atomic mass is 16.5. The number of rotatable bonds is 6. The van der Waals surface area contributed by atoms with Crippen LogP contribution in [0.1, 0.15) is 31.4 Å². The van der Waals surface area contributed by atoms with Gasteiger partial charge in [-0.2, -0.15) is 0 Å². The Morgan fingerprint density at radius 2 is 1.92 bits per heavy atom. The summed E-state index contributed by atoms with van der Waals surface area (Å²) in [5.74, 6) is -0.0985. The summed E-state index contributed by atoms with van der Waals surface area (Å²) in [4.78, 5) is 30.0. The molecule has 26 heavy (non-hydrogen) atoms. The second kappa shape index (κ2) is 8.62. The van der Waals surface area contributed by atoms with Crippen molar-refractivity contribution >= 4 is 11.8 Å². The van der Waals surface area contributed by atoms with Crippen molar-refractivity contribution in [2.24, 2.45) is 0 Å². The van der Waals surface area contributed by atoms with Crippen LogP contribution in [-0.4, -0.2) is 52.6 Å². The van der Waals surface area contributed by atoms with Crippen LogP contribution in [0.3, 0.4) is 0 Å². The first-order chi connectivity index (χ1) is 12.6. The van der Waals surface area contributed by atoms with Gasteiger partial charge in [0.25, 0.3) is 0 Å². The van der Waals surface area contributed by atoms with E-state index in [2.05, 4.69) is 10.3 Å². The zero-order valence-electron chi connectivity index (χ0n) is 14.9. The average molecular weight is 356 g/mol. The first-order valence-corrected chi connectivity index (χ1v) is 8.86. The minimum atomic E-state index is -0.113. The molecular formula is C19H24N4O3. The third-order valence-electron chi connectivity index (χ3n) is 4.50. The Morgan fingerprint density at radius 1 is 1.19 bits per heavy atom. The van der Waals surface area contributed by atoms with Crippen LogP contribution in [0.15, 0.2) is 43.0 Å². The fraction of sp³-hybridized carbons (Fsp3) is 0.421. The zero-order valence-corrected chi connectivity index (χ0v) is 14.9. The van der Waals surface area contributed by atoms with E-state index in [1.165, 1.54) is 0 Å². The van der Waals surface area contributed by atoms with Gasteiger partial charge in [-0.05, 0) is 24.6 Å². The first-order valence-electron chi connectivity index (χ1n) is 8.86. The summed E-state index contributed by atoms with van der Waals surface area (Å²) in [6.07, 6.45) is 5.79. The van der Waals surface area contributed by atoms with Crippen LogP contribution in [-0.2, 0) is 14.3 Å². The highest BCUT2D eigenvalue weighted by molar-refractivity contribution is 5.84. The Bertz CT molecular complexity index is 722. The fourth-order valence-electron chi connectivity index (χ4n) is 2.94. The summed E-state index contributed by atoms with van der Waals surface area (Å²) in [5.41, 5.74) is 2.03. The molecule has 7 heteroatoms. The van der Waals surface area contributed by atoms with Crippen LogP contribution in [0.2, 0.25) is 0 Å². The van der Waals surface area contributed by atoms with Gasteiger partial charge in [0.1, 0.15) is 0 Å². The van der Waals surface area contributed by atoms with Crippen LogP contribution in [0.5, 0.6) is 0 Å². The van der Waals surface area contributed by atoms with Gasteiger partial charge in [0.2, 0.25) is 11.8 Å². The van der Waals surface area contributed by atoms with E-state index < -0.39 is 0 Å². The van der Waals surface area contributed by atoms with Gasteiger partial charge < -0.3 is 19.5 Å². The Hall–Kier alpha value is -2.67. The van der Waals surface area contributed by atoms with Gasteiger partial charge in [-0.1, -0.05) is 12.1 Å². The van der Waals surface area contributed by atoms with Gasteiger partial charge in [-0.25, -0.2) is 4.98 Å². The topological polar surface area (TPSA) is 76.5 Å². The number of carbonyl (C=O) groups is 2. The largest absolute Gasteiger partial charge is 0.378 e. The maximum absolute atomic E-state index is 12.1. The molecule has 2 aromatic rings. The summed E-state index contributed by atoms with van der Waals surface area (Å²) in [7, 11) is 0. The molecule has 0 spiro atoms. The lowest BCUT2D eigenvalue weighted by Gasteiger charge is -2.26. The van der Waals surface area contributed by atoms with Crippen LogP contribution < -0.4 is 5.32 Å². The molecule has 3 rings (SSSR count). The number of morpholine rings is 1. The van der Waals surface area contributed by atoms with Gasteiger partial charge in [0.05, 0.1) is 25.6 Å². The molecule has 0 aliphatic carbocycles. The molecule has 0 bridgehead atoms. The van der Waals surface area contributed by atoms with Crippen LogP contribution in [0.4, 0.5) is 0 Å². The molecule has 1 fully saturated rings. The van der Waals surface area contributed by atoms with Crippen molar-refractivity contribution in [2.45, 2.75) is 25.8 Å². The molecule has 1 atom stereocenters. The second-order valence-electron chi connectivity index (χ2n) is 6.34. The quantitative estimate of drug-likeness (QED) is 0.854. The smallest absolute Gasteiger partial charge is 0.223 e. The molecule has 1 saturated heterocycles. The molecule has 1 aromatic heterocycles. The van der Waals surface area contributed by atoms with E-state index in [0.717, 1.165) is 11.3 Å². The summed E-state index contributed by atoms with van der Waals surface area (Å²) in [5, 5.41) is 2.96. The van der Waals surface area contributed by atoms with Crippen LogP contribution in [0.25, 0.3) is 5.69 Å². The molecular weight excluding hydrogens is 332 g/mol. The number of hydrogen-bond acceptors (Lipinski definition) is 4. The number of nitrogens with one attached hydrogen (secondary N) is 1. The number of benzene rings is 1. The molecule has 0 saturated carbocycles. The van der Waals surface area contributed by atoms with E-state index in [1.54, 1.807) is 17.4 Å². The predicted octanol–water partition coefficient (Wildman–Crippen LogP) is 1.69. The van der Waals surface area contributed by atoms with Crippen LogP contribution >= 0.6 is 0 Å². The normalized spacial score (nSPS) is 15.5. The Labute approximate surface area is 153 Å². The molecule has 1 aromatic carbocycles. The van der Waals surface area contributed by atoms with Gasteiger partial charge in [0, 0.05) is 44.0 Å². The Morgan fingerprint density at radius 3 is 2.58 bits per heavy atom. The van der Waals surface area contributed by atoms with E-state index in [1.807, 2.05) is 42.0 Å². The average Bonchev–Trinajstić information content (AvgIpc) is 3.21. The second-order valence-corrected chi connectivity index (χ2v) is 6.34. The lowest BCUT2D eigenvalue weighted by molar-refractivity contribution is -0.137. The molecule has 1 aliphatic rings. The minimum absolute atomic E-state index is 0.0146. The van der Waals surface area contributed by atoms with Crippen molar-refractivity contribution < 1.29 is 14.3 Å². The summed E-state index contributed by atoms with van der Waals surface area (Å²) in [6, 6.07) is 7.83. The minimum Gasteiger partial charge on any atom is -0.378 e. The van der Waals surface area contributed by atoms with Crippen molar-refractivity contribution in [1.82, 2.24) is 19.8 Å². The summed E-state index contributed by atoms with van der Waals surface area (Å²) < 4.78 is 7.15. The summed E-state index contributed by atoms with van der Waals surface area (Å²) in [6.45, 7) is 4.31. The number of amides is 2. The Balaban J connectivity index is 1.47. The summed E-state index contributed by atoms with van der Waals surface area (Å²) >= 11 is 0. The van der Waals surface area contributed by atoms with Crippen molar-refractivity contribution in [1.29, 1.82) is 0 Å². The van der Waals surface area contributed by atoms with Gasteiger partial charge in [0.15, 0.2) is 0 Å². The number of hydrogen-bond donors (Lipinski definition) is 1. The lowest BCUT2D eigenvalue weighted by atomic mass is 10.1. The third kappa shape index (κ3) is 4.70. The number of imidazole rings is 1. The molecule has 7 nitrogen and oxygen atoms in total. The van der Waals surface area contributed by atoms with Crippen molar-refractivity contribution in [2.75, 3.05) is 26.3 Å². The van der Waals surface area contributed by atoms with Crippen molar-refractivity contribution in [3.8, 4) is 5.69 Å². The zero-order chi connectivity index (χ0) is 18.4. The molecule has 1 N–H and O–H groups in total. The first kappa shape index (κ1) is 18.1. The lowest BCUT2D eigenvalue weighted by Crippen LogP contribution is -2.41. The predicted molar refractivity (Wildman–Crippen MR) is 96.8 cm³/mol. The maximum atomic E-state index is 12.1. The molecule has 2 amide bonds. The van der Waals surface area contributed by atoms with E-state index in [0.29, 0.717) is 26.3 Å². The van der Waals surface area contributed by atoms with Gasteiger partial charge >= 0.3 is 0 Å². The van der Waals surface area contributed by atoms with Crippen molar-refractivity contribution in [3.05, 3.63) is 48.5 Å². The molecule has 1 aliphatic heterocycles. The van der Waals surface area contributed by atoms with Gasteiger partial charge in [-0.15, -0.1) is 0 Å². The van der Waals surface area contributed by atoms with E-state index in [-0.39, 0.29) is 30.7 Å². The number of carbonyl (C=O) groups excluding carboxylic acids is 2. The SMILES string of the molecule is C[C@H](NC(=O)CCC(=O)N1CCOCC1)c1ccc(-n2ccnc2)cc1. The highest BCUT2D eigenvalue weighted by Crippen LogP contribution is 2.16. The maximum Gasteiger partial charge on any atom is 0.223 e. The molecule has 0 unspecified atom stereocenters. The van der Waals surface area contributed by atoms with E-state index in [4.69, 9.17) is 4.74 Å². The van der Waals surface area contributed by atoms with E-state index in [9.17, 15) is 9.59 Å². The number of nitrogens with zero attached hydrogens (tertiary/aromatic N) is 3.